The zero-order chi connectivity index (χ0) is 29.7. The van der Waals surface area contributed by atoms with Crippen LogP contribution in [0.4, 0.5) is 23.2 Å². The molecular formula is C33H32F4N2O2. The monoisotopic (exact) mass is 564 g/mol. The number of halogens is 4. The van der Waals surface area contributed by atoms with E-state index in [4.69, 9.17) is 0 Å². The molecule has 0 aromatic heterocycles. The number of anilines is 1. The first kappa shape index (κ1) is 27.5. The standard InChI is InChI=1S/C33H32F4N2O2/c1-30(2,3)19-6-9-22(29(40)41)25(12-19)28-23-10-7-20(38-15-32(34,35)16-38)13-26(23)31(4,5)27-14-21(8-11-24(27)28)39-17-33(36,37)18-39/h6-14H,15-18H2,1-5H3. The molecule has 0 atom stereocenters. The normalized spacial score (nSPS) is 22.0. The molecule has 2 saturated heterocycles. The summed E-state index contributed by atoms with van der Waals surface area (Å²) in [6.45, 7) is 8.72. The van der Waals surface area contributed by atoms with Crippen LogP contribution in [0, 0.1) is 0 Å². The third-order valence-corrected chi connectivity index (χ3v) is 8.69. The van der Waals surface area contributed by atoms with E-state index in [1.165, 1.54) is 0 Å². The summed E-state index contributed by atoms with van der Waals surface area (Å²) in [5.41, 5.74) is 5.91. The zero-order valence-corrected chi connectivity index (χ0v) is 23.7. The van der Waals surface area contributed by atoms with Gasteiger partial charge in [0.1, 0.15) is 0 Å². The zero-order valence-electron chi connectivity index (χ0n) is 23.7. The summed E-state index contributed by atoms with van der Waals surface area (Å²) in [5, 5.41) is 12.4. The molecule has 2 heterocycles. The number of carboxylic acid groups (broad SMARTS) is 1. The van der Waals surface area contributed by atoms with Gasteiger partial charge in [0.15, 0.2) is 0 Å². The molecule has 4 aliphatic rings. The van der Waals surface area contributed by atoms with Crippen LogP contribution in [0.15, 0.2) is 65.8 Å². The van der Waals surface area contributed by atoms with Gasteiger partial charge in [-0.2, -0.15) is 8.78 Å². The Labute approximate surface area is 237 Å². The van der Waals surface area contributed by atoms with Crippen molar-refractivity contribution in [2.45, 2.75) is 57.3 Å². The van der Waals surface area contributed by atoms with Crippen molar-refractivity contribution in [1.29, 1.82) is 0 Å². The maximum atomic E-state index is 13.7. The number of hydrogen-bond acceptors (Lipinski definition) is 3. The van der Waals surface area contributed by atoms with Crippen molar-refractivity contribution in [3.05, 3.63) is 93.6 Å². The largest absolute Gasteiger partial charge is 0.545 e. The smallest absolute Gasteiger partial charge is 0.361 e. The summed E-state index contributed by atoms with van der Waals surface area (Å²) in [7, 11) is 0. The van der Waals surface area contributed by atoms with Gasteiger partial charge < -0.3 is 14.8 Å². The predicted octanol–water partition coefficient (Wildman–Crippen LogP) is 5.49. The topological polar surface area (TPSA) is 46.4 Å². The first-order chi connectivity index (χ1) is 19.0. The van der Waals surface area contributed by atoms with E-state index in [9.17, 15) is 27.5 Å². The average molecular weight is 565 g/mol. The van der Waals surface area contributed by atoms with Crippen molar-refractivity contribution in [1.82, 2.24) is 0 Å². The summed E-state index contributed by atoms with van der Waals surface area (Å²) in [6, 6.07) is 10.9. The van der Waals surface area contributed by atoms with Gasteiger partial charge in [0.05, 0.1) is 19.1 Å². The molecule has 8 heteroatoms. The van der Waals surface area contributed by atoms with Gasteiger partial charge in [0.2, 0.25) is 18.8 Å². The number of carboxylic acids is 1. The average Bonchev–Trinajstić information content (AvgIpc) is 2.85. The van der Waals surface area contributed by atoms with Crippen molar-refractivity contribution in [3.63, 3.8) is 0 Å². The van der Waals surface area contributed by atoms with E-state index in [0.29, 0.717) is 22.5 Å². The number of alkyl halides is 4. The molecule has 6 rings (SSSR count). The highest BCUT2D eigenvalue weighted by Gasteiger charge is 2.51. The highest BCUT2D eigenvalue weighted by atomic mass is 19.3. The minimum absolute atomic E-state index is 0.0440. The number of carbonyl (C=O) groups excluding carboxylic acids is 1. The Kier molecular flexibility index (Phi) is 5.81. The van der Waals surface area contributed by atoms with Crippen LogP contribution in [-0.4, -0.2) is 54.3 Å². The fourth-order valence-corrected chi connectivity index (χ4v) is 6.29. The summed E-state index contributed by atoms with van der Waals surface area (Å²) in [6.07, 6.45) is 5.59. The first-order valence-corrected chi connectivity index (χ1v) is 13.8. The van der Waals surface area contributed by atoms with Crippen molar-refractivity contribution in [2.75, 3.05) is 31.1 Å². The molecule has 2 aliphatic carbocycles. The number of fused-ring (bicyclic) bond motifs is 2. The van der Waals surface area contributed by atoms with Gasteiger partial charge in [-0.1, -0.05) is 52.8 Å². The third-order valence-electron chi connectivity index (χ3n) is 8.69. The maximum absolute atomic E-state index is 13.7. The van der Waals surface area contributed by atoms with E-state index in [2.05, 4.69) is 0 Å². The van der Waals surface area contributed by atoms with Gasteiger partial charge in [-0.25, -0.2) is 13.4 Å². The van der Waals surface area contributed by atoms with Gasteiger partial charge >= 0.3 is 5.92 Å². The number of allylic oxidation sites excluding steroid dienone is 5. The second-order valence-electron chi connectivity index (χ2n) is 13.2. The van der Waals surface area contributed by atoms with Crippen LogP contribution in [0.5, 0.6) is 0 Å². The fourth-order valence-electron chi connectivity index (χ4n) is 6.29. The Morgan fingerprint density at radius 2 is 1.61 bits per heavy atom. The van der Waals surface area contributed by atoms with Gasteiger partial charge in [-0.05, 0) is 68.7 Å². The molecule has 2 aromatic carbocycles. The molecule has 0 spiro atoms. The van der Waals surface area contributed by atoms with E-state index >= 15 is 0 Å². The minimum atomic E-state index is -2.74. The van der Waals surface area contributed by atoms with Gasteiger partial charge in [0.25, 0.3) is 5.92 Å². The van der Waals surface area contributed by atoms with E-state index in [1.807, 2.05) is 65.0 Å². The molecule has 41 heavy (non-hydrogen) atoms. The van der Waals surface area contributed by atoms with Crippen LogP contribution >= 0.6 is 0 Å². The molecule has 0 N–H and O–H groups in total. The fraction of sp³-hybridized carbons (Fsp3) is 0.394. The number of aromatic carboxylic acids is 1. The molecule has 4 nitrogen and oxygen atoms in total. The van der Waals surface area contributed by atoms with Crippen molar-refractivity contribution >= 4 is 22.9 Å². The molecule has 2 fully saturated rings. The lowest BCUT2D eigenvalue weighted by molar-refractivity contribution is -0.638. The second-order valence-corrected chi connectivity index (χ2v) is 13.2. The number of benzene rings is 2. The number of hydrogen-bond donors (Lipinski definition) is 0. The molecule has 2 aliphatic heterocycles. The van der Waals surface area contributed by atoms with Crippen LogP contribution < -0.4 is 10.0 Å². The van der Waals surface area contributed by atoms with E-state index < -0.39 is 23.2 Å². The molecule has 0 unspecified atom stereocenters. The Bertz CT molecular complexity index is 1620. The van der Waals surface area contributed by atoms with Crippen LogP contribution in [0.1, 0.15) is 67.2 Å². The summed E-state index contributed by atoms with van der Waals surface area (Å²) >= 11 is 0. The van der Waals surface area contributed by atoms with Gasteiger partial charge in [0, 0.05) is 28.8 Å². The maximum Gasteiger partial charge on any atom is 0.361 e. The quantitative estimate of drug-likeness (QED) is 0.366. The van der Waals surface area contributed by atoms with Crippen molar-refractivity contribution < 1.29 is 32.0 Å². The van der Waals surface area contributed by atoms with E-state index in [0.717, 1.165) is 27.8 Å². The van der Waals surface area contributed by atoms with Crippen molar-refractivity contribution in [3.8, 4) is 0 Å². The molecule has 0 radical (unpaired) electrons. The number of carbonyl (C=O) groups is 1. The molecule has 0 saturated carbocycles. The molecule has 0 amide bonds. The lowest BCUT2D eigenvalue weighted by Crippen LogP contribution is -2.56. The Morgan fingerprint density at radius 1 is 0.927 bits per heavy atom. The van der Waals surface area contributed by atoms with Crippen LogP contribution in [0.2, 0.25) is 0 Å². The van der Waals surface area contributed by atoms with Crippen LogP contribution in [0.3, 0.4) is 0 Å². The number of rotatable bonds is 3. The highest BCUT2D eigenvalue weighted by Crippen LogP contribution is 2.52. The molecular weight excluding hydrogens is 532 g/mol. The lowest BCUT2D eigenvalue weighted by Gasteiger charge is -2.43. The predicted molar refractivity (Wildman–Crippen MR) is 149 cm³/mol. The molecule has 214 valence electrons. The first-order valence-electron chi connectivity index (χ1n) is 13.8. The molecule has 0 bridgehead atoms. The van der Waals surface area contributed by atoms with Crippen molar-refractivity contribution in [2.24, 2.45) is 0 Å². The van der Waals surface area contributed by atoms with Crippen LogP contribution in [0.25, 0.3) is 5.57 Å². The van der Waals surface area contributed by atoms with Gasteiger partial charge in [-0.3, -0.25) is 0 Å². The lowest BCUT2D eigenvalue weighted by atomic mass is 9.63. The Balaban J connectivity index is 1.62. The van der Waals surface area contributed by atoms with Crippen LogP contribution in [-0.2, 0) is 10.8 Å². The summed E-state index contributed by atoms with van der Waals surface area (Å²) in [5.74, 6) is -6.78. The second kappa shape index (κ2) is 8.66. The minimum Gasteiger partial charge on any atom is -0.545 e. The SMILES string of the molecule is CC(C)(C)c1ccc(C(=O)[O-])c(C2=C3C=CC(=[N+]4CC(F)(F)C4)C=C3C(C)(C)c3cc(N4CC(F)(F)C4)ccc32)c1. The van der Waals surface area contributed by atoms with Gasteiger partial charge in [-0.15, -0.1) is 0 Å². The number of nitrogens with zero attached hydrogens (tertiary/aromatic N) is 2. The third kappa shape index (κ3) is 4.52. The molecule has 2 aromatic rings. The summed E-state index contributed by atoms with van der Waals surface area (Å²) < 4.78 is 56.6. The Morgan fingerprint density at radius 3 is 2.20 bits per heavy atom. The Hall–Kier alpha value is -3.68. The van der Waals surface area contributed by atoms with E-state index in [-0.39, 0.29) is 37.2 Å². The van der Waals surface area contributed by atoms with E-state index in [1.54, 1.807) is 33.8 Å². The summed E-state index contributed by atoms with van der Waals surface area (Å²) in [4.78, 5) is 14.0. The highest BCUT2D eigenvalue weighted by molar-refractivity contribution is 6.08.